The first kappa shape index (κ1) is 19.2. The third kappa shape index (κ3) is 3.05. The van der Waals surface area contributed by atoms with Gasteiger partial charge in [0, 0.05) is 11.5 Å². The fourth-order valence-electron chi connectivity index (χ4n) is 3.82. The molecule has 0 radical (unpaired) electrons. The second-order valence-corrected chi connectivity index (χ2v) is 6.43. The maximum absolute atomic E-state index is 14.2. The summed E-state index contributed by atoms with van der Waals surface area (Å²) >= 11 is 0. The summed E-state index contributed by atoms with van der Waals surface area (Å²) in [5.41, 5.74) is 4.01. The van der Waals surface area contributed by atoms with Crippen molar-refractivity contribution in [2.45, 2.75) is 46.5 Å². The van der Waals surface area contributed by atoms with Crippen LogP contribution in [-0.4, -0.2) is 25.3 Å². The number of fused-ring (bicyclic) bond motifs is 6. The van der Waals surface area contributed by atoms with E-state index in [-0.39, 0.29) is 5.92 Å². The Labute approximate surface area is 160 Å². The summed E-state index contributed by atoms with van der Waals surface area (Å²) in [6.45, 7) is 7.56. The third-order valence-electron chi connectivity index (χ3n) is 5.08. The number of hydrogen-bond donors (Lipinski definition) is 0. The molecule has 0 spiro atoms. The monoisotopic (exact) mass is 370 g/mol. The van der Waals surface area contributed by atoms with Crippen LogP contribution in [0.1, 0.15) is 39.7 Å². The lowest BCUT2D eigenvalue weighted by Gasteiger charge is -2.36. The maximum Gasteiger partial charge on any atom is 0.211 e. The van der Waals surface area contributed by atoms with E-state index in [4.69, 9.17) is 9.57 Å². The molecule has 0 aliphatic carbocycles. The zero-order chi connectivity index (χ0) is 19.6. The van der Waals surface area contributed by atoms with Crippen LogP contribution in [0.5, 0.6) is 5.75 Å². The number of nitrogens with zero attached hydrogens (tertiary/aromatic N) is 2. The molecule has 2 aromatic carbocycles. The zero-order valence-electron chi connectivity index (χ0n) is 16.6. The average molecular weight is 370 g/mol. The minimum absolute atomic E-state index is 0.273. The number of methoxy groups -OCH3 is 1. The van der Waals surface area contributed by atoms with E-state index in [1.165, 1.54) is 0 Å². The first-order valence-electron chi connectivity index (χ1n) is 9.61. The number of alkyl halides is 1. The summed E-state index contributed by atoms with van der Waals surface area (Å²) in [5.74, 6) is 1.15. The van der Waals surface area contributed by atoms with E-state index < -0.39 is 12.4 Å². The van der Waals surface area contributed by atoms with Gasteiger partial charge in [-0.05, 0) is 31.0 Å². The van der Waals surface area contributed by atoms with Gasteiger partial charge in [0.1, 0.15) is 11.9 Å². The third-order valence-corrected chi connectivity index (χ3v) is 5.08. The van der Waals surface area contributed by atoms with Gasteiger partial charge in [0.15, 0.2) is 5.84 Å². The molecular formula is C22H27FN2O2. The van der Waals surface area contributed by atoms with Crippen molar-refractivity contribution in [3.05, 3.63) is 48.0 Å². The number of anilines is 1. The van der Waals surface area contributed by atoms with Crippen LogP contribution >= 0.6 is 0 Å². The van der Waals surface area contributed by atoms with Gasteiger partial charge in [0.05, 0.1) is 18.4 Å². The minimum atomic E-state index is -0.990. The Balaban J connectivity index is 0.00000102. The van der Waals surface area contributed by atoms with Gasteiger partial charge in [-0.25, -0.2) is 4.39 Å². The van der Waals surface area contributed by atoms with E-state index >= 15 is 0 Å². The first-order chi connectivity index (χ1) is 13.2. The van der Waals surface area contributed by atoms with Crippen molar-refractivity contribution in [3.8, 4) is 16.9 Å². The van der Waals surface area contributed by atoms with Crippen molar-refractivity contribution in [2.24, 2.45) is 11.1 Å². The molecule has 27 heavy (non-hydrogen) atoms. The van der Waals surface area contributed by atoms with Crippen molar-refractivity contribution < 1.29 is 14.0 Å². The smallest absolute Gasteiger partial charge is 0.211 e. The van der Waals surface area contributed by atoms with E-state index in [9.17, 15) is 4.39 Å². The number of hydrogen-bond acceptors (Lipinski definition) is 4. The summed E-state index contributed by atoms with van der Waals surface area (Å²) < 4.78 is 19.8. The number of halogens is 1. The fourth-order valence-corrected chi connectivity index (χ4v) is 3.82. The Morgan fingerprint density at radius 3 is 2.52 bits per heavy atom. The van der Waals surface area contributed by atoms with Crippen LogP contribution in [0.25, 0.3) is 11.1 Å². The van der Waals surface area contributed by atoms with Crippen LogP contribution in [0.15, 0.2) is 47.6 Å². The van der Waals surface area contributed by atoms with Crippen LogP contribution in [0.2, 0.25) is 0 Å². The van der Waals surface area contributed by atoms with Crippen molar-refractivity contribution in [2.75, 3.05) is 12.0 Å². The average Bonchev–Trinajstić information content (AvgIpc) is 3.14. The predicted molar refractivity (Wildman–Crippen MR) is 108 cm³/mol. The van der Waals surface area contributed by atoms with Crippen molar-refractivity contribution in [3.63, 3.8) is 0 Å². The Morgan fingerprint density at radius 1 is 1.15 bits per heavy atom. The van der Waals surface area contributed by atoms with Crippen LogP contribution in [0.4, 0.5) is 10.1 Å². The number of amidine groups is 1. The molecule has 5 heteroatoms. The molecule has 2 heterocycles. The molecule has 144 valence electrons. The second-order valence-electron chi connectivity index (χ2n) is 6.43. The molecule has 0 saturated heterocycles. The zero-order valence-corrected chi connectivity index (χ0v) is 16.6. The fraction of sp³-hybridized carbons (Fsp3) is 0.409. The van der Waals surface area contributed by atoms with Crippen molar-refractivity contribution >= 4 is 11.5 Å². The lowest BCUT2D eigenvalue weighted by atomic mass is 9.89. The van der Waals surface area contributed by atoms with E-state index in [0.29, 0.717) is 12.3 Å². The molecule has 0 N–H and O–H groups in total. The van der Waals surface area contributed by atoms with Gasteiger partial charge in [0.25, 0.3) is 0 Å². The summed E-state index contributed by atoms with van der Waals surface area (Å²) in [7, 11) is 1.65. The van der Waals surface area contributed by atoms with Gasteiger partial charge >= 0.3 is 0 Å². The number of rotatable bonds is 4. The highest BCUT2D eigenvalue weighted by molar-refractivity contribution is 6.21. The molecular weight excluding hydrogens is 343 g/mol. The largest absolute Gasteiger partial charge is 0.496 e. The quantitative estimate of drug-likeness (QED) is 0.701. The van der Waals surface area contributed by atoms with Crippen molar-refractivity contribution in [1.82, 2.24) is 0 Å². The molecule has 0 fully saturated rings. The minimum Gasteiger partial charge on any atom is -0.496 e. The summed E-state index contributed by atoms with van der Waals surface area (Å²) in [5, 5.41) is 4.34. The van der Waals surface area contributed by atoms with Crippen LogP contribution in [-0.2, 0) is 4.84 Å². The summed E-state index contributed by atoms with van der Waals surface area (Å²) in [6.07, 6.45) is -0.780. The van der Waals surface area contributed by atoms with E-state index in [2.05, 4.69) is 17.3 Å². The second kappa shape index (κ2) is 7.99. The van der Waals surface area contributed by atoms with E-state index in [1.807, 2.05) is 56.0 Å². The highest BCUT2D eigenvalue weighted by Crippen LogP contribution is 2.46. The van der Waals surface area contributed by atoms with Crippen LogP contribution in [0.3, 0.4) is 0 Å². The number of benzene rings is 2. The molecule has 0 amide bonds. The summed E-state index contributed by atoms with van der Waals surface area (Å²) in [4.78, 5) is 7.76. The first-order valence-corrected chi connectivity index (χ1v) is 9.61. The SMILES string of the molecule is CC.CCC(C(C)F)C1ON=C2c3c(OC)cccc3-c3ccccc3N21. The Kier molecular flexibility index (Phi) is 5.68. The molecule has 2 aromatic rings. The van der Waals surface area contributed by atoms with Crippen LogP contribution in [0, 0.1) is 5.92 Å². The molecule has 0 bridgehead atoms. The molecule has 2 aliphatic heterocycles. The lowest BCUT2D eigenvalue weighted by Crippen LogP contribution is -2.45. The number of para-hydroxylation sites is 1. The molecule has 3 atom stereocenters. The standard InChI is InChI=1S/C20H21FN2O2.C2H6/c1-4-13(12(2)21)20-23-16-10-6-5-8-14(16)15-9-7-11-17(24-3)18(15)19(23)22-25-20;1-2/h5-13,20H,4H2,1-3H3;1-2H3. The Morgan fingerprint density at radius 2 is 1.85 bits per heavy atom. The predicted octanol–water partition coefficient (Wildman–Crippen LogP) is 5.61. The summed E-state index contributed by atoms with van der Waals surface area (Å²) in [6, 6.07) is 14.0. The normalized spacial score (nSPS) is 18.7. The molecule has 0 saturated carbocycles. The molecule has 3 unspecified atom stereocenters. The van der Waals surface area contributed by atoms with Gasteiger partial charge in [0.2, 0.25) is 6.23 Å². The van der Waals surface area contributed by atoms with Crippen molar-refractivity contribution in [1.29, 1.82) is 0 Å². The molecule has 0 aromatic heterocycles. The van der Waals surface area contributed by atoms with Gasteiger partial charge in [-0.2, -0.15) is 0 Å². The Bertz CT molecular complexity index is 835. The molecule has 2 aliphatic rings. The van der Waals surface area contributed by atoms with E-state index in [0.717, 1.165) is 28.1 Å². The Hall–Kier alpha value is -2.56. The highest BCUT2D eigenvalue weighted by Gasteiger charge is 2.44. The van der Waals surface area contributed by atoms with Crippen LogP contribution < -0.4 is 9.64 Å². The topological polar surface area (TPSA) is 34.1 Å². The number of ether oxygens (including phenoxy) is 1. The molecule has 4 nitrogen and oxygen atoms in total. The highest BCUT2D eigenvalue weighted by atomic mass is 19.1. The van der Waals surface area contributed by atoms with Gasteiger partial charge in [-0.1, -0.05) is 56.3 Å². The maximum atomic E-state index is 14.2. The number of oxime groups is 1. The van der Waals surface area contributed by atoms with Gasteiger partial charge < -0.3 is 9.57 Å². The van der Waals surface area contributed by atoms with Gasteiger partial charge in [-0.3, -0.25) is 4.90 Å². The lowest BCUT2D eigenvalue weighted by molar-refractivity contribution is 0.0119. The molecule has 4 rings (SSSR count). The van der Waals surface area contributed by atoms with E-state index in [1.54, 1.807) is 14.0 Å². The van der Waals surface area contributed by atoms with Gasteiger partial charge in [-0.15, -0.1) is 0 Å².